The molecule has 2 aromatic rings. The lowest BCUT2D eigenvalue weighted by atomic mass is 10.1. The van der Waals surface area contributed by atoms with E-state index in [1.165, 1.54) is 21.3 Å². The minimum absolute atomic E-state index is 0.959. The zero-order chi connectivity index (χ0) is 14.7. The molecule has 1 aliphatic heterocycles. The molecule has 0 spiro atoms. The second kappa shape index (κ2) is 6.90. The van der Waals surface area contributed by atoms with Crippen LogP contribution >= 0.6 is 22.7 Å². The van der Waals surface area contributed by atoms with Crippen LogP contribution < -0.4 is 10.2 Å². The highest BCUT2D eigenvalue weighted by molar-refractivity contribution is 7.15. The van der Waals surface area contributed by atoms with Gasteiger partial charge in [0.25, 0.3) is 0 Å². The van der Waals surface area contributed by atoms with Crippen molar-refractivity contribution < 1.29 is 0 Å². The van der Waals surface area contributed by atoms with Gasteiger partial charge in [-0.2, -0.15) is 0 Å². The number of hydrogen-bond acceptors (Lipinski definition) is 5. The van der Waals surface area contributed by atoms with Crippen LogP contribution in [0.5, 0.6) is 0 Å². The average molecular weight is 322 g/mol. The Morgan fingerprint density at radius 3 is 3.10 bits per heavy atom. The second-order valence-corrected chi connectivity index (χ2v) is 7.50. The summed E-state index contributed by atoms with van der Waals surface area (Å²) in [5.74, 6) is 0. The summed E-state index contributed by atoms with van der Waals surface area (Å²) in [4.78, 5) is 10.4. The van der Waals surface area contributed by atoms with Crippen molar-refractivity contribution in [1.82, 2.24) is 10.3 Å². The molecule has 0 aliphatic carbocycles. The summed E-state index contributed by atoms with van der Waals surface area (Å²) in [6.45, 7) is 8.49. The molecule has 0 aromatic carbocycles. The number of rotatable bonds is 6. The van der Waals surface area contributed by atoms with E-state index in [0.717, 1.165) is 45.4 Å². The van der Waals surface area contributed by atoms with Crippen LogP contribution in [-0.4, -0.2) is 18.1 Å². The molecule has 0 atom stereocenters. The lowest BCUT2D eigenvalue weighted by Crippen LogP contribution is -2.29. The third kappa shape index (κ3) is 3.30. The van der Waals surface area contributed by atoms with Crippen molar-refractivity contribution in [3.8, 4) is 0 Å². The van der Waals surface area contributed by atoms with Crippen LogP contribution in [0, 0.1) is 0 Å². The quantitative estimate of drug-likeness (QED) is 0.876. The van der Waals surface area contributed by atoms with Crippen molar-refractivity contribution in [2.24, 2.45) is 0 Å². The summed E-state index contributed by atoms with van der Waals surface area (Å²) < 4.78 is 0. The lowest BCUT2D eigenvalue weighted by Gasteiger charge is -2.26. The minimum Gasteiger partial charge on any atom is -0.343 e. The number of hydrogen-bond donors (Lipinski definition) is 1. The molecule has 2 aromatic heterocycles. The first-order chi connectivity index (χ1) is 10.3. The van der Waals surface area contributed by atoms with Crippen molar-refractivity contribution in [2.75, 3.05) is 18.0 Å². The van der Waals surface area contributed by atoms with Crippen molar-refractivity contribution in [3.63, 3.8) is 0 Å². The van der Waals surface area contributed by atoms with E-state index < -0.39 is 0 Å². The maximum atomic E-state index is 4.94. The van der Waals surface area contributed by atoms with Gasteiger partial charge >= 0.3 is 0 Å². The van der Waals surface area contributed by atoms with Crippen LogP contribution in [0.4, 0.5) is 5.13 Å². The molecule has 0 amide bonds. The molecule has 0 bridgehead atoms. The van der Waals surface area contributed by atoms with Crippen molar-refractivity contribution in [3.05, 3.63) is 32.5 Å². The summed E-state index contributed by atoms with van der Waals surface area (Å²) >= 11 is 3.78. The normalized spacial score (nSPS) is 14.5. The van der Waals surface area contributed by atoms with E-state index in [-0.39, 0.29) is 0 Å². The molecule has 0 saturated heterocycles. The molecule has 0 radical (unpaired) electrons. The summed E-state index contributed by atoms with van der Waals surface area (Å²) in [5.41, 5.74) is 2.79. The summed E-state index contributed by atoms with van der Waals surface area (Å²) in [7, 11) is 0. The Balaban J connectivity index is 1.79. The highest BCUT2D eigenvalue weighted by Gasteiger charge is 2.21. The SMILES string of the molecule is CCCc1nc(N2CCc3sccc3C2)sc1CNCC. The largest absolute Gasteiger partial charge is 0.343 e. The van der Waals surface area contributed by atoms with Crippen LogP contribution in [-0.2, 0) is 25.9 Å². The molecule has 21 heavy (non-hydrogen) atoms. The third-order valence-electron chi connectivity index (χ3n) is 3.87. The molecule has 0 saturated carbocycles. The monoisotopic (exact) mass is 321 g/mol. The molecular weight excluding hydrogens is 298 g/mol. The minimum atomic E-state index is 0.959. The molecule has 1 N–H and O–H groups in total. The van der Waals surface area contributed by atoms with E-state index in [4.69, 9.17) is 4.98 Å². The van der Waals surface area contributed by atoms with E-state index >= 15 is 0 Å². The maximum absolute atomic E-state index is 4.94. The summed E-state index contributed by atoms with van der Waals surface area (Å²) in [6, 6.07) is 2.27. The predicted molar refractivity (Wildman–Crippen MR) is 92.6 cm³/mol. The van der Waals surface area contributed by atoms with Gasteiger partial charge in [-0.1, -0.05) is 20.3 Å². The van der Waals surface area contributed by atoms with Crippen LogP contribution in [0.3, 0.4) is 0 Å². The van der Waals surface area contributed by atoms with Gasteiger partial charge in [-0.25, -0.2) is 4.98 Å². The van der Waals surface area contributed by atoms with Gasteiger partial charge in [0.2, 0.25) is 0 Å². The zero-order valence-corrected chi connectivity index (χ0v) is 14.4. The third-order valence-corrected chi connectivity index (χ3v) is 6.05. The van der Waals surface area contributed by atoms with Crippen molar-refractivity contribution in [2.45, 2.75) is 46.2 Å². The second-order valence-electron chi connectivity index (χ2n) is 5.44. The van der Waals surface area contributed by atoms with Gasteiger partial charge < -0.3 is 10.2 Å². The first kappa shape index (κ1) is 15.0. The molecule has 114 valence electrons. The van der Waals surface area contributed by atoms with E-state index in [2.05, 4.69) is 35.5 Å². The fraction of sp³-hybridized carbons (Fsp3) is 0.562. The molecule has 3 rings (SSSR count). The maximum Gasteiger partial charge on any atom is 0.186 e. The van der Waals surface area contributed by atoms with Crippen LogP contribution in [0.2, 0.25) is 0 Å². The zero-order valence-electron chi connectivity index (χ0n) is 12.8. The molecule has 0 fully saturated rings. The van der Waals surface area contributed by atoms with E-state index in [0.29, 0.717) is 0 Å². The number of thiazole rings is 1. The number of anilines is 1. The Bertz CT molecular complexity index is 588. The standard InChI is InChI=1S/C16H23N3S2/c1-3-5-13-15(10-17-4-2)21-16(18-13)19-8-6-14-12(11-19)7-9-20-14/h7,9,17H,3-6,8,10-11H2,1-2H3. The molecule has 0 unspecified atom stereocenters. The Labute approximate surface area is 135 Å². The number of aryl methyl sites for hydroxylation is 1. The number of fused-ring (bicyclic) bond motifs is 1. The van der Waals surface area contributed by atoms with E-state index in [1.807, 2.05) is 22.7 Å². The van der Waals surface area contributed by atoms with Gasteiger partial charge in [-0.05, 0) is 36.4 Å². The molecular formula is C16H23N3S2. The summed E-state index contributed by atoms with van der Waals surface area (Å²) in [6.07, 6.45) is 3.42. The number of nitrogens with zero attached hydrogens (tertiary/aromatic N) is 2. The first-order valence-corrected chi connectivity index (χ1v) is 9.51. The van der Waals surface area contributed by atoms with Crippen molar-refractivity contribution >= 4 is 27.8 Å². The van der Waals surface area contributed by atoms with Crippen LogP contribution in [0.25, 0.3) is 0 Å². The van der Waals surface area contributed by atoms with Crippen LogP contribution in [0.1, 0.15) is 41.3 Å². The Morgan fingerprint density at radius 1 is 1.38 bits per heavy atom. The topological polar surface area (TPSA) is 28.2 Å². The summed E-state index contributed by atoms with van der Waals surface area (Å²) in [5, 5.41) is 6.87. The highest BCUT2D eigenvalue weighted by atomic mass is 32.1. The Kier molecular flexibility index (Phi) is 4.93. The smallest absolute Gasteiger partial charge is 0.186 e. The fourth-order valence-electron chi connectivity index (χ4n) is 2.73. The van der Waals surface area contributed by atoms with Gasteiger partial charge in [-0.3, -0.25) is 0 Å². The molecule has 3 nitrogen and oxygen atoms in total. The number of thiophene rings is 1. The Morgan fingerprint density at radius 2 is 2.29 bits per heavy atom. The van der Waals surface area contributed by atoms with Crippen molar-refractivity contribution in [1.29, 1.82) is 0 Å². The molecule has 5 heteroatoms. The average Bonchev–Trinajstić information content (AvgIpc) is 3.11. The van der Waals surface area contributed by atoms with Gasteiger partial charge in [-0.15, -0.1) is 22.7 Å². The fourth-order valence-corrected chi connectivity index (χ4v) is 4.72. The van der Waals surface area contributed by atoms with E-state index in [9.17, 15) is 0 Å². The highest BCUT2D eigenvalue weighted by Crippen LogP contribution is 2.32. The number of aromatic nitrogens is 1. The number of nitrogens with one attached hydrogen (secondary N) is 1. The van der Waals surface area contributed by atoms with Gasteiger partial charge in [0.15, 0.2) is 5.13 Å². The van der Waals surface area contributed by atoms with Gasteiger partial charge in [0.05, 0.1) is 5.69 Å². The van der Waals surface area contributed by atoms with Gasteiger partial charge in [0.1, 0.15) is 0 Å². The molecule has 1 aliphatic rings. The molecule has 3 heterocycles. The lowest BCUT2D eigenvalue weighted by molar-refractivity contribution is 0.720. The predicted octanol–water partition coefficient (Wildman–Crippen LogP) is 3.83. The van der Waals surface area contributed by atoms with E-state index in [1.54, 1.807) is 4.88 Å². The first-order valence-electron chi connectivity index (χ1n) is 7.81. The Hall–Kier alpha value is -0.910. The van der Waals surface area contributed by atoms with Gasteiger partial charge in [0, 0.05) is 29.4 Å². The van der Waals surface area contributed by atoms with Crippen LogP contribution in [0.15, 0.2) is 11.4 Å².